The zero-order valence-corrected chi connectivity index (χ0v) is 89.5. The van der Waals surface area contributed by atoms with Gasteiger partial charge in [0.2, 0.25) is 63.6 Å². The lowest BCUT2D eigenvalue weighted by Crippen LogP contribution is -2.37. The molecule has 30 nitrogen and oxygen atoms in total. The number of fused-ring (bicyclic) bond motifs is 1. The second-order valence-corrected chi connectivity index (χ2v) is 48.3. The number of phenolic OH excluding ortho intramolecular Hbond substituents is 1. The number of pyridine rings is 4. The van der Waals surface area contributed by atoms with E-state index in [1.807, 2.05) is 133 Å². The number of ketones is 1. The van der Waals surface area contributed by atoms with E-state index >= 15 is 0 Å². The molecule has 0 spiro atoms. The molecule has 802 valence electrons. The summed E-state index contributed by atoms with van der Waals surface area (Å²) in [6.45, 7) is 13.7. The molecule has 21 rings (SSSR count). The highest BCUT2D eigenvalue weighted by atomic mass is 35.5. The lowest BCUT2D eigenvalue weighted by molar-refractivity contribution is -0.121. The summed E-state index contributed by atoms with van der Waals surface area (Å²) in [5.41, 5.74) is 8.48. The average molecular weight is 2150 g/mol. The lowest BCUT2D eigenvalue weighted by atomic mass is 9.88. The number of aromatic nitrogens is 4. The molecule has 3 amide bonds. The normalized spacial score (nSPS) is 19.5. The van der Waals surface area contributed by atoms with Crippen LogP contribution < -0.4 is 39.6 Å². The van der Waals surface area contributed by atoms with Crippen molar-refractivity contribution in [3.05, 3.63) is 281 Å². The summed E-state index contributed by atoms with van der Waals surface area (Å²) in [5.74, 6) is 3.43. The van der Waals surface area contributed by atoms with E-state index in [4.69, 9.17) is 40.3 Å². The molecule has 0 radical (unpaired) electrons. The van der Waals surface area contributed by atoms with Gasteiger partial charge in [-0.2, -0.15) is 17.2 Å². The number of hydrogen-bond donors (Lipinski definition) is 5. The van der Waals surface area contributed by atoms with Crippen LogP contribution in [-0.4, -0.2) is 189 Å². The third-order valence-corrected chi connectivity index (χ3v) is 38.7. The number of aliphatic hydroxyl groups excluding tert-OH is 1. The molecular formula is C115H142ClN11O19S4. The highest BCUT2D eigenvalue weighted by Gasteiger charge is 2.56. The number of nitrogens with one attached hydrogen (secondary N) is 3. The molecular weight excluding hydrogens is 2000 g/mol. The number of rotatable bonds is 32. The van der Waals surface area contributed by atoms with E-state index in [-0.39, 0.29) is 92.5 Å². The van der Waals surface area contributed by atoms with Gasteiger partial charge in [0.15, 0.2) is 23.0 Å². The first-order valence-electron chi connectivity index (χ1n) is 51.3. The number of methoxy groups -OCH3 is 3. The van der Waals surface area contributed by atoms with Gasteiger partial charge in [0.25, 0.3) is 0 Å². The van der Waals surface area contributed by atoms with Gasteiger partial charge in [0.1, 0.15) is 34.7 Å². The van der Waals surface area contributed by atoms with Crippen molar-refractivity contribution in [3.63, 3.8) is 0 Å². The number of sulfonamides is 4. The van der Waals surface area contributed by atoms with E-state index in [1.54, 1.807) is 179 Å². The Labute approximate surface area is 894 Å². The first-order chi connectivity index (χ1) is 71.9. The summed E-state index contributed by atoms with van der Waals surface area (Å²) >= 11 is 6.30. The largest absolute Gasteiger partial charge is 0.504 e. The number of carbonyl (C=O) groups excluding carboxylic acids is 4. The second-order valence-electron chi connectivity index (χ2n) is 40.4. The molecule has 0 bridgehead atoms. The maximum absolute atomic E-state index is 13.5. The minimum absolute atomic E-state index is 0. The molecule has 9 heterocycles. The van der Waals surface area contributed by atoms with Crippen LogP contribution in [0.3, 0.4) is 0 Å². The number of aryl methyl sites for hydroxylation is 1. The molecule has 8 fully saturated rings. The maximum Gasteiger partial charge on any atom is 0.246 e. The molecule has 150 heavy (non-hydrogen) atoms. The van der Waals surface area contributed by atoms with Crippen LogP contribution in [0, 0.1) is 6.92 Å². The van der Waals surface area contributed by atoms with Gasteiger partial charge in [-0.1, -0.05) is 136 Å². The van der Waals surface area contributed by atoms with E-state index < -0.39 is 67.5 Å². The number of benzene rings is 8. The van der Waals surface area contributed by atoms with E-state index in [0.717, 1.165) is 159 Å². The topological polar surface area (TPSA) is 392 Å². The van der Waals surface area contributed by atoms with Gasteiger partial charge >= 0.3 is 0 Å². The van der Waals surface area contributed by atoms with Gasteiger partial charge in [-0.25, -0.2) is 48.6 Å². The predicted octanol–water partition coefficient (Wildman–Crippen LogP) is 21.9. The van der Waals surface area contributed by atoms with Gasteiger partial charge < -0.3 is 49.8 Å². The van der Waals surface area contributed by atoms with E-state index in [0.29, 0.717) is 124 Å². The summed E-state index contributed by atoms with van der Waals surface area (Å²) in [6, 6.07) is 70.8. The SMILES string of the molecule is CC1(C)Oc2ccc(C3(C(=O)Cc4cccc(-c5ccc(S(=O)(=O)N6CCC[C@@H]6CO)cc5)n4)CC3)cc2O1.CC[C@H]1CCCN1S(=O)(=O)c1ccc(-c2cccc(NC(=O)C3(c4ccc(OC)c(C)c4)CC3)n2)cc1.CC[C@H]1CCCN1S(=O)(=O)c1ccc(-c2cccc(NC(=O)C3(c4ccc(OC)c(Cl)c4)CC3)n2)cc1.CC[C@H]1CCCN1S(=O)(=O)c1ccc(-c2cccc(NC(=O)C3(c4ccc(OC)c(O)c4)CC3)n2)cc1.[HH].[HH].[HH].[HH].[HH].[HH].[HH].[HH]. The van der Waals surface area contributed by atoms with Crippen LogP contribution in [0.5, 0.6) is 34.5 Å². The van der Waals surface area contributed by atoms with E-state index in [1.165, 1.54) is 11.4 Å². The van der Waals surface area contributed by atoms with Crippen molar-refractivity contribution in [3.8, 4) is 79.5 Å². The number of halogens is 1. The van der Waals surface area contributed by atoms with Crippen molar-refractivity contribution in [2.24, 2.45) is 0 Å². The van der Waals surface area contributed by atoms with Crippen molar-refractivity contribution in [2.75, 3.05) is 70.1 Å². The number of anilines is 3. The highest BCUT2D eigenvalue weighted by molar-refractivity contribution is 7.90. The molecule has 8 aromatic carbocycles. The number of amides is 3. The number of phenols is 1. The summed E-state index contributed by atoms with van der Waals surface area (Å²) in [4.78, 5) is 72.9. The van der Waals surface area contributed by atoms with Crippen LogP contribution in [0.25, 0.3) is 45.0 Å². The molecule has 4 saturated heterocycles. The van der Waals surface area contributed by atoms with Crippen LogP contribution in [0.15, 0.2) is 262 Å². The molecule has 5 N–H and O–H groups in total. The second kappa shape index (κ2) is 43.8. The summed E-state index contributed by atoms with van der Waals surface area (Å²) in [7, 11) is -9.58. The van der Waals surface area contributed by atoms with Crippen molar-refractivity contribution in [1.82, 2.24) is 37.2 Å². The van der Waals surface area contributed by atoms with Gasteiger partial charge in [0.05, 0.1) is 97.0 Å². The number of ether oxygens (including phenoxy) is 5. The van der Waals surface area contributed by atoms with Crippen LogP contribution in [0.4, 0.5) is 17.5 Å². The monoisotopic (exact) mass is 2140 g/mol. The fourth-order valence-electron chi connectivity index (χ4n) is 21.2. The number of Topliss-reactive ketones (excluding diaryl/α,β-unsaturated/α-hetero) is 1. The molecule has 35 heteroatoms. The zero-order valence-electron chi connectivity index (χ0n) is 85.5. The maximum atomic E-state index is 13.5. The average Bonchev–Trinajstić information content (AvgIpc) is 1.56. The Kier molecular flexibility index (Phi) is 31.3. The summed E-state index contributed by atoms with van der Waals surface area (Å²) in [5, 5.41) is 29.1. The molecule has 5 aliphatic heterocycles. The molecule has 4 saturated carbocycles. The third-order valence-electron chi connectivity index (χ3n) is 30.5. The van der Waals surface area contributed by atoms with Crippen molar-refractivity contribution >= 4 is 92.7 Å². The Hall–Kier alpha value is -12.9. The summed E-state index contributed by atoms with van der Waals surface area (Å²) in [6.07, 6.45) is 15.4. The van der Waals surface area contributed by atoms with E-state index in [9.17, 15) is 63.1 Å². The first kappa shape index (κ1) is 107. The van der Waals surface area contributed by atoms with Crippen molar-refractivity contribution < 1.29 is 98.2 Å². The Bertz CT molecular complexity index is 7090. The smallest absolute Gasteiger partial charge is 0.246 e. The number of hydrogen-bond acceptors (Lipinski definition) is 23. The van der Waals surface area contributed by atoms with Gasteiger partial charge in [-0.3, -0.25) is 24.2 Å². The standard InChI is InChI=1S/C30H32N2O6S.C29H33N3O4S.C28H30ClN3O4S.C28H31N3O5S.8H2/c1-29(2)37-26-13-10-21(17-27(26)38-29)30(14-15-30)28(34)18-22-5-3-7-25(31-22)20-8-11-24(12-9-20)39(35,36)32-16-4-6-23(32)19-33;1-4-23-7-6-18-32(23)37(34,35)24-13-10-21(11-14-24)25-8-5-9-27(30-25)31-28(33)29(16-17-29)22-12-15-26(36-3)20(2)19-22;1-3-21-6-5-17-32(21)37(34,35)22-12-9-19(10-13-22)24-7-4-8-26(30-24)31-27(33)28(15-16-28)20-11-14-25(36-2)23(29)18-20;1-3-21-6-5-17-31(21)37(34,35)22-12-9-19(10-13-22)23-7-4-8-26(29-23)30-27(33)28(15-16-28)20-11-14-25(36-2)24(32)18-20;;;;;;;;/h3,5,7-13,17,23,33H,4,6,14-16,18-19H2,1-2H3;5,8-15,19,23H,4,6-7,16-18H2,1-3H3,(H,30,31,33);4,7-14,18,21H,3,5-6,15-17H2,1-2H3,(H,30,31,33);4,7-14,18,21,32H,3,5-6,15-17H2,1-2H3,(H,29,30,33);8*1H/t2*23-;2*21-;;;;;;;;/m1000......../s1. The van der Waals surface area contributed by atoms with Crippen LogP contribution >= 0.6 is 11.6 Å². The Morgan fingerprint density at radius 2 is 0.713 bits per heavy atom. The number of carbonyl (C=O) groups is 4. The lowest BCUT2D eigenvalue weighted by Gasteiger charge is -2.23. The number of aliphatic hydroxyl groups is 1. The van der Waals surface area contributed by atoms with Crippen molar-refractivity contribution in [1.29, 1.82) is 0 Å². The molecule has 0 unspecified atom stereocenters. The molecule has 12 aromatic rings. The quantitative estimate of drug-likeness (QED) is 0.0261. The first-order valence-corrected chi connectivity index (χ1v) is 57.4. The Morgan fingerprint density at radius 3 is 1.06 bits per heavy atom. The van der Waals surface area contributed by atoms with Gasteiger partial charge in [-0.05, 0) is 296 Å². The zero-order chi connectivity index (χ0) is 106. The predicted molar refractivity (Wildman–Crippen MR) is 592 cm³/mol. The van der Waals surface area contributed by atoms with Gasteiger partial charge in [0, 0.05) is 110 Å². The van der Waals surface area contributed by atoms with Crippen LogP contribution in [0.1, 0.15) is 202 Å². The van der Waals surface area contributed by atoms with Crippen molar-refractivity contribution in [2.45, 2.75) is 241 Å². The molecule has 4 atom stereocenters. The minimum atomic E-state index is -3.68. The number of aromatic hydroxyl groups is 1. The van der Waals surface area contributed by atoms with Crippen LogP contribution in [-0.2, 0) is 87.4 Å². The molecule has 4 aromatic heterocycles. The van der Waals surface area contributed by atoms with Crippen LogP contribution in [0.2, 0.25) is 5.02 Å². The number of nitrogens with zero attached hydrogens (tertiary/aromatic N) is 8. The fourth-order valence-corrected chi connectivity index (χ4v) is 28.5. The fraction of sp³-hybridized carbons (Fsp3) is 0.374. The van der Waals surface area contributed by atoms with Gasteiger partial charge in [-0.15, -0.1) is 0 Å². The third kappa shape index (κ3) is 22.2. The minimum Gasteiger partial charge on any atom is -0.504 e. The Balaban J connectivity index is 0.000000210. The van der Waals surface area contributed by atoms with E-state index in [2.05, 4.69) is 30.9 Å². The summed E-state index contributed by atoms with van der Waals surface area (Å²) < 4.78 is 139. The molecule has 4 aliphatic carbocycles. The highest BCUT2D eigenvalue weighted by Crippen LogP contribution is 2.56. The Morgan fingerprint density at radius 1 is 0.393 bits per heavy atom. The molecule has 9 aliphatic rings.